The number of nitrogens with zero attached hydrogens (tertiary/aromatic N) is 1. The van der Waals surface area contributed by atoms with Crippen LogP contribution in [0.5, 0.6) is 0 Å². The molecule has 0 radical (unpaired) electrons. The van der Waals surface area contributed by atoms with Crippen molar-refractivity contribution < 1.29 is 4.79 Å². The van der Waals surface area contributed by atoms with Crippen LogP contribution in [-0.2, 0) is 11.3 Å². The number of carbonyl (C=O) groups excluding carboxylic acids is 1. The van der Waals surface area contributed by atoms with E-state index in [1.807, 2.05) is 0 Å². The number of nitrogens with one attached hydrogen (secondary N) is 1. The maximum atomic E-state index is 12.0. The number of carbonyl (C=O) groups is 1. The van der Waals surface area contributed by atoms with Gasteiger partial charge in [-0.15, -0.1) is 0 Å². The molecule has 0 spiro atoms. The summed E-state index contributed by atoms with van der Waals surface area (Å²) in [5.74, 6) is -0.413. The average Bonchev–Trinajstić information content (AvgIpc) is 2.29. The Labute approximate surface area is 115 Å². The lowest BCUT2D eigenvalue weighted by Crippen LogP contribution is -2.30. The standard InChI is InChI=1S/C13H14ClN3O2/c1-17(7-12(15)19)6-8-5-11(18)9-3-2-4-10(14)13(9)16-8/h2-5H,6-7H2,1H3,(H2,15,19)(H,16,18). The zero-order chi connectivity index (χ0) is 14.0. The van der Waals surface area contributed by atoms with Crippen molar-refractivity contribution in [3.63, 3.8) is 0 Å². The Bertz CT molecular complexity index is 681. The first-order valence-electron chi connectivity index (χ1n) is 5.74. The largest absolute Gasteiger partial charge is 0.369 e. The van der Waals surface area contributed by atoms with Crippen LogP contribution >= 0.6 is 11.6 Å². The van der Waals surface area contributed by atoms with Gasteiger partial charge in [0.2, 0.25) is 5.91 Å². The van der Waals surface area contributed by atoms with Crippen LogP contribution in [-0.4, -0.2) is 29.4 Å². The number of amides is 1. The molecule has 0 unspecified atom stereocenters. The van der Waals surface area contributed by atoms with Gasteiger partial charge in [0, 0.05) is 23.7 Å². The smallest absolute Gasteiger partial charge is 0.231 e. The van der Waals surface area contributed by atoms with E-state index in [-0.39, 0.29) is 12.0 Å². The maximum absolute atomic E-state index is 12.0. The van der Waals surface area contributed by atoms with Crippen LogP contribution < -0.4 is 11.2 Å². The summed E-state index contributed by atoms with van der Waals surface area (Å²) in [5.41, 5.74) is 6.32. The molecular weight excluding hydrogens is 266 g/mol. The van der Waals surface area contributed by atoms with E-state index in [0.717, 1.165) is 0 Å². The second-order valence-electron chi connectivity index (χ2n) is 4.46. The summed E-state index contributed by atoms with van der Waals surface area (Å²) in [7, 11) is 1.75. The number of H-pyrrole nitrogens is 1. The number of fused-ring (bicyclic) bond motifs is 1. The number of rotatable bonds is 4. The second-order valence-corrected chi connectivity index (χ2v) is 4.87. The average molecular weight is 280 g/mol. The highest BCUT2D eigenvalue weighted by Gasteiger charge is 2.08. The van der Waals surface area contributed by atoms with Crippen LogP contribution in [0.15, 0.2) is 29.1 Å². The molecule has 100 valence electrons. The van der Waals surface area contributed by atoms with E-state index in [9.17, 15) is 9.59 Å². The number of aromatic amines is 1. The number of para-hydroxylation sites is 1. The maximum Gasteiger partial charge on any atom is 0.231 e. The summed E-state index contributed by atoms with van der Waals surface area (Å²) in [6.45, 7) is 0.544. The van der Waals surface area contributed by atoms with Gasteiger partial charge >= 0.3 is 0 Å². The van der Waals surface area contributed by atoms with Crippen LogP contribution in [0.2, 0.25) is 5.02 Å². The van der Waals surface area contributed by atoms with Crippen molar-refractivity contribution in [2.45, 2.75) is 6.54 Å². The summed E-state index contributed by atoms with van der Waals surface area (Å²) < 4.78 is 0. The van der Waals surface area contributed by atoms with Gasteiger partial charge in [-0.25, -0.2) is 0 Å². The Kier molecular flexibility index (Phi) is 3.87. The van der Waals surface area contributed by atoms with Crippen LogP contribution in [0.4, 0.5) is 0 Å². The van der Waals surface area contributed by atoms with Gasteiger partial charge in [-0.05, 0) is 19.2 Å². The molecule has 0 atom stereocenters. The SMILES string of the molecule is CN(CC(N)=O)Cc1cc(=O)c2cccc(Cl)c2[nH]1. The number of benzene rings is 1. The van der Waals surface area contributed by atoms with Gasteiger partial charge in [-0.1, -0.05) is 17.7 Å². The zero-order valence-electron chi connectivity index (χ0n) is 10.4. The van der Waals surface area contributed by atoms with Gasteiger partial charge in [0.25, 0.3) is 0 Å². The third-order valence-corrected chi connectivity index (χ3v) is 3.05. The van der Waals surface area contributed by atoms with Gasteiger partial charge in [0.1, 0.15) is 0 Å². The van der Waals surface area contributed by atoms with Crippen LogP contribution in [0, 0.1) is 0 Å². The molecule has 0 saturated heterocycles. The summed E-state index contributed by atoms with van der Waals surface area (Å²) in [4.78, 5) is 27.6. The molecule has 19 heavy (non-hydrogen) atoms. The highest BCUT2D eigenvalue weighted by atomic mass is 35.5. The second kappa shape index (κ2) is 5.42. The van der Waals surface area contributed by atoms with E-state index in [4.69, 9.17) is 17.3 Å². The minimum Gasteiger partial charge on any atom is -0.369 e. The van der Waals surface area contributed by atoms with Gasteiger partial charge in [-0.2, -0.15) is 0 Å². The number of pyridine rings is 1. The minimum absolute atomic E-state index is 0.0984. The lowest BCUT2D eigenvalue weighted by molar-refractivity contribution is -0.118. The zero-order valence-corrected chi connectivity index (χ0v) is 11.2. The number of hydrogen-bond acceptors (Lipinski definition) is 3. The van der Waals surface area contributed by atoms with Gasteiger partial charge in [0.15, 0.2) is 5.43 Å². The number of primary amides is 1. The molecule has 0 saturated carbocycles. The van der Waals surface area contributed by atoms with Crippen molar-refractivity contribution in [2.75, 3.05) is 13.6 Å². The van der Waals surface area contributed by atoms with E-state index < -0.39 is 5.91 Å². The molecule has 0 fully saturated rings. The highest BCUT2D eigenvalue weighted by molar-refractivity contribution is 6.35. The van der Waals surface area contributed by atoms with E-state index in [1.54, 1.807) is 30.1 Å². The number of nitrogens with two attached hydrogens (primary N) is 1. The van der Waals surface area contributed by atoms with E-state index in [2.05, 4.69) is 4.98 Å². The molecule has 0 aliphatic heterocycles. The molecular formula is C13H14ClN3O2. The first-order valence-corrected chi connectivity index (χ1v) is 6.12. The Morgan fingerprint density at radius 2 is 2.21 bits per heavy atom. The molecule has 0 bridgehead atoms. The van der Waals surface area contributed by atoms with Crippen LogP contribution in [0.1, 0.15) is 5.69 Å². The third kappa shape index (κ3) is 3.13. The molecule has 1 aromatic heterocycles. The predicted molar refractivity (Wildman–Crippen MR) is 75.1 cm³/mol. The molecule has 6 heteroatoms. The molecule has 2 rings (SSSR count). The van der Waals surface area contributed by atoms with Crippen molar-refractivity contribution in [3.8, 4) is 0 Å². The van der Waals surface area contributed by atoms with Crippen molar-refractivity contribution >= 4 is 28.4 Å². The molecule has 1 amide bonds. The van der Waals surface area contributed by atoms with Crippen molar-refractivity contribution in [1.29, 1.82) is 0 Å². The Balaban J connectivity index is 2.38. The monoisotopic (exact) mass is 279 g/mol. The molecule has 3 N–H and O–H groups in total. The molecule has 0 aliphatic rings. The summed E-state index contributed by atoms with van der Waals surface area (Å²) in [6.07, 6.45) is 0. The number of likely N-dealkylation sites (N-methyl/N-ethyl adjacent to an activating group) is 1. The Morgan fingerprint density at radius 3 is 2.89 bits per heavy atom. The Morgan fingerprint density at radius 1 is 1.47 bits per heavy atom. The van der Waals surface area contributed by atoms with Crippen molar-refractivity contribution in [2.24, 2.45) is 5.73 Å². The number of aromatic nitrogens is 1. The van der Waals surface area contributed by atoms with Gasteiger partial charge < -0.3 is 10.7 Å². The normalized spacial score (nSPS) is 11.1. The van der Waals surface area contributed by atoms with Crippen molar-refractivity contribution in [1.82, 2.24) is 9.88 Å². The summed E-state index contributed by atoms with van der Waals surface area (Å²) >= 11 is 6.06. The van der Waals surface area contributed by atoms with Crippen LogP contribution in [0.3, 0.4) is 0 Å². The first kappa shape index (κ1) is 13.6. The summed E-state index contributed by atoms with van der Waals surface area (Å²) in [6, 6.07) is 6.68. The lowest BCUT2D eigenvalue weighted by atomic mass is 10.2. The minimum atomic E-state index is -0.413. The molecule has 5 nitrogen and oxygen atoms in total. The van der Waals surface area contributed by atoms with Gasteiger partial charge in [-0.3, -0.25) is 14.5 Å². The first-order chi connectivity index (χ1) is 8.97. The molecule has 2 aromatic rings. The molecule has 0 aliphatic carbocycles. The van der Waals surface area contributed by atoms with E-state index in [0.29, 0.717) is 28.2 Å². The van der Waals surface area contributed by atoms with Crippen molar-refractivity contribution in [3.05, 3.63) is 45.2 Å². The topological polar surface area (TPSA) is 79.2 Å². The fraction of sp³-hybridized carbons (Fsp3) is 0.231. The number of halogens is 1. The lowest BCUT2D eigenvalue weighted by Gasteiger charge is -2.14. The third-order valence-electron chi connectivity index (χ3n) is 2.74. The highest BCUT2D eigenvalue weighted by Crippen LogP contribution is 2.19. The summed E-state index contributed by atoms with van der Waals surface area (Å²) in [5, 5.41) is 1.04. The predicted octanol–water partition coefficient (Wildman–Crippen LogP) is 1.10. The Hall–Kier alpha value is -1.85. The van der Waals surface area contributed by atoms with Crippen LogP contribution in [0.25, 0.3) is 10.9 Å². The van der Waals surface area contributed by atoms with Gasteiger partial charge in [0.05, 0.1) is 17.1 Å². The number of hydrogen-bond donors (Lipinski definition) is 2. The quantitative estimate of drug-likeness (QED) is 0.879. The molecule has 1 aromatic carbocycles. The van der Waals surface area contributed by atoms with E-state index in [1.165, 1.54) is 6.07 Å². The molecule has 1 heterocycles. The van der Waals surface area contributed by atoms with E-state index >= 15 is 0 Å². The fourth-order valence-electron chi connectivity index (χ4n) is 1.99. The fourth-order valence-corrected chi connectivity index (χ4v) is 2.21.